The van der Waals surface area contributed by atoms with Crippen molar-refractivity contribution in [2.45, 2.75) is 69.6 Å². The van der Waals surface area contributed by atoms with Crippen LogP contribution in [0, 0.1) is 12.3 Å². The van der Waals surface area contributed by atoms with Gasteiger partial charge in [-0.15, -0.1) is 6.42 Å². The highest BCUT2D eigenvalue weighted by Gasteiger charge is 2.39. The Hall–Kier alpha value is -0.520. The summed E-state index contributed by atoms with van der Waals surface area (Å²) in [6.45, 7) is 3.04. The summed E-state index contributed by atoms with van der Waals surface area (Å²) in [7, 11) is 0. The molecule has 0 radical (unpaired) electrons. The Kier molecular flexibility index (Phi) is 3.89. The van der Waals surface area contributed by atoms with Crippen LogP contribution in [0.15, 0.2) is 0 Å². The number of nitrogens with one attached hydrogen (secondary N) is 1. The van der Waals surface area contributed by atoms with Gasteiger partial charge in [0.05, 0.1) is 11.6 Å². The first-order valence-electron chi connectivity index (χ1n) is 6.64. The minimum atomic E-state index is 0.197. The van der Waals surface area contributed by atoms with Crippen molar-refractivity contribution in [2.24, 2.45) is 0 Å². The zero-order valence-electron chi connectivity index (χ0n) is 10.3. The Morgan fingerprint density at radius 3 is 2.88 bits per heavy atom. The number of rotatable bonds is 3. The van der Waals surface area contributed by atoms with Gasteiger partial charge in [-0.25, -0.2) is 0 Å². The van der Waals surface area contributed by atoms with Crippen LogP contribution in [-0.4, -0.2) is 24.3 Å². The van der Waals surface area contributed by atoms with Crippen molar-refractivity contribution in [3.8, 4) is 12.3 Å². The molecule has 1 aliphatic carbocycles. The molecule has 2 heteroatoms. The zero-order valence-corrected chi connectivity index (χ0v) is 10.3. The standard InChI is InChI=1S/C14H23NO/c1-3-12(4-2)15-13-7-10-16-14(11-13)8-5-6-9-14/h1,12-13,15H,4-11H2,2H3. The average Bonchev–Trinajstić information content (AvgIpc) is 2.74. The summed E-state index contributed by atoms with van der Waals surface area (Å²) in [5.41, 5.74) is 0.197. The number of hydrogen-bond donors (Lipinski definition) is 1. The van der Waals surface area contributed by atoms with Gasteiger partial charge in [-0.05, 0) is 32.1 Å². The lowest BCUT2D eigenvalue weighted by molar-refractivity contribution is -0.0841. The van der Waals surface area contributed by atoms with Gasteiger partial charge in [0.2, 0.25) is 0 Å². The van der Waals surface area contributed by atoms with E-state index in [1.54, 1.807) is 0 Å². The molecule has 90 valence electrons. The summed E-state index contributed by atoms with van der Waals surface area (Å²) in [6, 6.07) is 0.800. The quantitative estimate of drug-likeness (QED) is 0.739. The fraction of sp³-hybridized carbons (Fsp3) is 0.857. The number of ether oxygens (including phenoxy) is 1. The van der Waals surface area contributed by atoms with Gasteiger partial charge < -0.3 is 10.1 Å². The molecule has 0 amide bonds. The topological polar surface area (TPSA) is 21.3 Å². The van der Waals surface area contributed by atoms with Crippen LogP contribution in [0.4, 0.5) is 0 Å². The summed E-state index contributed by atoms with van der Waals surface area (Å²) in [4.78, 5) is 0. The monoisotopic (exact) mass is 221 g/mol. The zero-order chi connectivity index (χ0) is 11.4. The summed E-state index contributed by atoms with van der Waals surface area (Å²) in [5, 5.41) is 3.59. The lowest BCUT2D eigenvalue weighted by Crippen LogP contribution is -2.48. The Morgan fingerprint density at radius 1 is 1.50 bits per heavy atom. The third-order valence-corrected chi connectivity index (χ3v) is 4.05. The molecule has 2 fully saturated rings. The van der Waals surface area contributed by atoms with Gasteiger partial charge in [0.15, 0.2) is 0 Å². The summed E-state index contributed by atoms with van der Waals surface area (Å²) in [5.74, 6) is 2.83. The molecule has 2 unspecified atom stereocenters. The molecule has 2 rings (SSSR count). The van der Waals surface area contributed by atoms with Crippen molar-refractivity contribution in [3.63, 3.8) is 0 Å². The molecule has 1 saturated carbocycles. The molecule has 0 aromatic rings. The average molecular weight is 221 g/mol. The predicted molar refractivity (Wildman–Crippen MR) is 66.2 cm³/mol. The van der Waals surface area contributed by atoms with E-state index in [0.717, 1.165) is 25.9 Å². The maximum absolute atomic E-state index is 6.01. The second-order valence-corrected chi connectivity index (χ2v) is 5.22. The fourth-order valence-corrected chi connectivity index (χ4v) is 3.11. The maximum Gasteiger partial charge on any atom is 0.0697 e. The smallest absolute Gasteiger partial charge is 0.0697 e. The van der Waals surface area contributed by atoms with Crippen LogP contribution in [0.25, 0.3) is 0 Å². The maximum atomic E-state index is 6.01. The van der Waals surface area contributed by atoms with Crippen LogP contribution in [0.3, 0.4) is 0 Å². The molecule has 0 bridgehead atoms. The highest BCUT2D eigenvalue weighted by atomic mass is 16.5. The molecule has 0 aromatic carbocycles. The van der Waals surface area contributed by atoms with E-state index in [9.17, 15) is 0 Å². The fourth-order valence-electron chi connectivity index (χ4n) is 3.11. The molecule has 1 aliphatic heterocycles. The Morgan fingerprint density at radius 2 is 2.25 bits per heavy atom. The van der Waals surface area contributed by atoms with Gasteiger partial charge in [-0.3, -0.25) is 0 Å². The minimum absolute atomic E-state index is 0.197. The Labute approximate surface area is 99.1 Å². The Bertz CT molecular complexity index is 262. The Balaban J connectivity index is 1.89. The van der Waals surface area contributed by atoms with E-state index in [1.165, 1.54) is 25.7 Å². The summed E-state index contributed by atoms with van der Waals surface area (Å²) in [6.07, 6.45) is 13.9. The van der Waals surface area contributed by atoms with Gasteiger partial charge in [-0.1, -0.05) is 25.7 Å². The molecule has 1 heterocycles. The van der Waals surface area contributed by atoms with E-state index in [-0.39, 0.29) is 11.6 Å². The largest absolute Gasteiger partial charge is 0.375 e. The van der Waals surface area contributed by atoms with Crippen molar-refractivity contribution in [2.75, 3.05) is 6.61 Å². The predicted octanol–water partition coefficient (Wildman–Crippen LogP) is 2.48. The molecular weight excluding hydrogens is 198 g/mol. The molecule has 0 aromatic heterocycles. The van der Waals surface area contributed by atoms with Crippen LogP contribution in [0.1, 0.15) is 51.9 Å². The van der Waals surface area contributed by atoms with Gasteiger partial charge in [0.25, 0.3) is 0 Å². The molecule has 2 nitrogen and oxygen atoms in total. The molecule has 2 atom stereocenters. The van der Waals surface area contributed by atoms with E-state index >= 15 is 0 Å². The van der Waals surface area contributed by atoms with Crippen molar-refractivity contribution >= 4 is 0 Å². The third kappa shape index (κ3) is 2.59. The van der Waals surface area contributed by atoms with Gasteiger partial charge in [0, 0.05) is 12.6 Å². The van der Waals surface area contributed by atoms with Gasteiger partial charge >= 0.3 is 0 Å². The SMILES string of the molecule is C#CC(CC)NC1CCOC2(CCCC2)C1. The minimum Gasteiger partial charge on any atom is -0.375 e. The first kappa shape index (κ1) is 12.0. The van der Waals surface area contributed by atoms with Gasteiger partial charge in [-0.2, -0.15) is 0 Å². The van der Waals surface area contributed by atoms with E-state index in [0.29, 0.717) is 6.04 Å². The highest BCUT2D eigenvalue weighted by molar-refractivity contribution is 5.01. The van der Waals surface area contributed by atoms with Crippen LogP contribution in [0.2, 0.25) is 0 Å². The first-order valence-corrected chi connectivity index (χ1v) is 6.64. The van der Waals surface area contributed by atoms with E-state index in [1.807, 2.05) is 0 Å². The van der Waals surface area contributed by atoms with Crippen LogP contribution >= 0.6 is 0 Å². The summed E-state index contributed by atoms with van der Waals surface area (Å²) < 4.78 is 6.01. The van der Waals surface area contributed by atoms with E-state index in [2.05, 4.69) is 18.2 Å². The molecule has 16 heavy (non-hydrogen) atoms. The van der Waals surface area contributed by atoms with Crippen molar-refractivity contribution < 1.29 is 4.74 Å². The summed E-state index contributed by atoms with van der Waals surface area (Å²) >= 11 is 0. The van der Waals surface area contributed by atoms with E-state index < -0.39 is 0 Å². The normalized spacial score (nSPS) is 30.1. The van der Waals surface area contributed by atoms with Crippen LogP contribution in [0.5, 0.6) is 0 Å². The van der Waals surface area contributed by atoms with E-state index in [4.69, 9.17) is 11.2 Å². The second kappa shape index (κ2) is 5.21. The lowest BCUT2D eigenvalue weighted by Gasteiger charge is -2.39. The first-order chi connectivity index (χ1) is 7.78. The number of terminal acetylenes is 1. The van der Waals surface area contributed by atoms with Gasteiger partial charge in [0.1, 0.15) is 0 Å². The van der Waals surface area contributed by atoms with Crippen molar-refractivity contribution in [1.82, 2.24) is 5.32 Å². The highest BCUT2D eigenvalue weighted by Crippen LogP contribution is 2.40. The molecule has 1 spiro atoms. The second-order valence-electron chi connectivity index (χ2n) is 5.22. The van der Waals surface area contributed by atoms with Crippen LogP contribution < -0.4 is 5.32 Å². The van der Waals surface area contributed by atoms with Crippen molar-refractivity contribution in [3.05, 3.63) is 0 Å². The lowest BCUT2D eigenvalue weighted by atomic mass is 9.88. The molecule has 1 saturated heterocycles. The third-order valence-electron chi connectivity index (χ3n) is 4.05. The van der Waals surface area contributed by atoms with Crippen molar-refractivity contribution in [1.29, 1.82) is 0 Å². The van der Waals surface area contributed by atoms with Crippen LogP contribution in [-0.2, 0) is 4.74 Å². The number of hydrogen-bond acceptors (Lipinski definition) is 2. The molecule has 2 aliphatic rings. The molecular formula is C14H23NO. The molecule has 1 N–H and O–H groups in total.